The van der Waals surface area contributed by atoms with Gasteiger partial charge >= 0.3 is 0 Å². The third-order valence-electron chi connectivity index (χ3n) is 5.17. The topological polar surface area (TPSA) is 65.3 Å². The number of H-pyrrole nitrogens is 1. The quantitative estimate of drug-likeness (QED) is 0.614. The van der Waals surface area contributed by atoms with Gasteiger partial charge in [-0.25, -0.2) is 14.5 Å². The van der Waals surface area contributed by atoms with Gasteiger partial charge in [0.05, 0.1) is 0 Å². The van der Waals surface area contributed by atoms with Crippen molar-refractivity contribution in [2.24, 2.45) is 0 Å². The molecule has 132 valence electrons. The summed E-state index contributed by atoms with van der Waals surface area (Å²) < 4.78 is 1.80. The predicted octanol–water partition coefficient (Wildman–Crippen LogP) is 2.02. The van der Waals surface area contributed by atoms with Crippen LogP contribution < -0.4 is 0 Å². The van der Waals surface area contributed by atoms with Crippen LogP contribution in [0, 0.1) is 0 Å². The molecule has 0 unspecified atom stereocenters. The average Bonchev–Trinajstić information content (AvgIpc) is 3.29. The van der Waals surface area contributed by atoms with E-state index in [0.717, 1.165) is 60.5 Å². The van der Waals surface area contributed by atoms with Gasteiger partial charge in [-0.1, -0.05) is 0 Å². The van der Waals surface area contributed by atoms with Crippen molar-refractivity contribution in [2.75, 3.05) is 33.2 Å². The summed E-state index contributed by atoms with van der Waals surface area (Å²) in [5.41, 5.74) is 5.27. The second kappa shape index (κ2) is 6.19. The molecule has 26 heavy (non-hydrogen) atoms. The number of likely N-dealkylation sites (N-methyl/N-ethyl adjacent to an activating group) is 1. The molecule has 0 saturated carbocycles. The summed E-state index contributed by atoms with van der Waals surface area (Å²) in [7, 11) is 2.18. The van der Waals surface area contributed by atoms with Crippen LogP contribution in [0.1, 0.15) is 5.56 Å². The van der Waals surface area contributed by atoms with E-state index in [1.807, 2.05) is 24.7 Å². The maximum absolute atomic E-state index is 4.63. The van der Waals surface area contributed by atoms with Gasteiger partial charge in [0.25, 0.3) is 0 Å². The summed E-state index contributed by atoms with van der Waals surface area (Å²) >= 11 is 0. The number of hydrogen-bond acceptors (Lipinski definition) is 5. The van der Waals surface area contributed by atoms with Gasteiger partial charge in [0, 0.05) is 67.8 Å². The van der Waals surface area contributed by atoms with Crippen molar-refractivity contribution in [3.05, 3.63) is 48.7 Å². The van der Waals surface area contributed by atoms with E-state index < -0.39 is 0 Å². The fourth-order valence-electron chi connectivity index (χ4n) is 3.61. The first-order valence-corrected chi connectivity index (χ1v) is 8.93. The van der Waals surface area contributed by atoms with Crippen molar-refractivity contribution in [3.8, 4) is 11.1 Å². The molecule has 1 saturated heterocycles. The minimum absolute atomic E-state index is 0.850. The Morgan fingerprint density at radius 3 is 2.88 bits per heavy atom. The van der Waals surface area contributed by atoms with Crippen LogP contribution in [0.2, 0.25) is 0 Å². The Morgan fingerprint density at radius 2 is 2.00 bits per heavy atom. The lowest BCUT2D eigenvalue weighted by Crippen LogP contribution is -2.43. The molecule has 0 bridgehead atoms. The van der Waals surface area contributed by atoms with Crippen LogP contribution >= 0.6 is 0 Å². The zero-order valence-corrected chi connectivity index (χ0v) is 14.8. The fraction of sp³-hybridized carbons (Fsp3) is 0.316. The Labute approximate surface area is 151 Å². The lowest BCUT2D eigenvalue weighted by atomic mass is 10.1. The van der Waals surface area contributed by atoms with E-state index in [4.69, 9.17) is 0 Å². The van der Waals surface area contributed by atoms with Crippen LogP contribution in [-0.2, 0) is 6.54 Å². The lowest BCUT2D eigenvalue weighted by molar-refractivity contribution is 0.148. The minimum atomic E-state index is 0.850. The molecule has 0 aliphatic carbocycles. The van der Waals surface area contributed by atoms with Crippen molar-refractivity contribution in [3.63, 3.8) is 0 Å². The first kappa shape index (κ1) is 15.5. The standard InChI is InChI=1S/C19H21N7/c1-24-4-6-25(7-5-24)11-14-8-16-17(10-21-19(16)20-9-14)15-2-3-18-22-13-23-26(18)12-15/h2-3,8-10,12-13H,4-7,11H2,1H3,(H,20,21). The molecule has 0 atom stereocenters. The number of fused-ring (bicyclic) bond motifs is 2. The van der Waals surface area contributed by atoms with Crippen LogP contribution in [0.15, 0.2) is 43.1 Å². The molecule has 4 aromatic rings. The van der Waals surface area contributed by atoms with Crippen LogP contribution in [0.3, 0.4) is 0 Å². The SMILES string of the molecule is CN1CCN(Cc2cnc3[nH]cc(-c4ccc5ncnn5c4)c3c2)CC1. The third-order valence-corrected chi connectivity index (χ3v) is 5.17. The highest BCUT2D eigenvalue weighted by Gasteiger charge is 2.15. The highest BCUT2D eigenvalue weighted by atomic mass is 15.3. The molecule has 7 heteroatoms. The van der Waals surface area contributed by atoms with Gasteiger partial charge in [-0.05, 0) is 30.8 Å². The van der Waals surface area contributed by atoms with E-state index in [-0.39, 0.29) is 0 Å². The Bertz CT molecular complexity index is 1060. The Morgan fingerprint density at radius 1 is 1.12 bits per heavy atom. The van der Waals surface area contributed by atoms with Crippen LogP contribution in [0.25, 0.3) is 27.8 Å². The summed E-state index contributed by atoms with van der Waals surface area (Å²) in [5, 5.41) is 5.39. The number of pyridine rings is 2. The molecular weight excluding hydrogens is 326 g/mol. The largest absolute Gasteiger partial charge is 0.346 e. The fourth-order valence-corrected chi connectivity index (χ4v) is 3.61. The molecule has 5 rings (SSSR count). The van der Waals surface area contributed by atoms with Gasteiger partial charge in [0.15, 0.2) is 5.65 Å². The first-order valence-electron chi connectivity index (χ1n) is 8.93. The van der Waals surface area contributed by atoms with E-state index in [1.54, 1.807) is 10.8 Å². The average molecular weight is 347 g/mol. The monoisotopic (exact) mass is 347 g/mol. The second-order valence-corrected chi connectivity index (χ2v) is 7.00. The summed E-state index contributed by atoms with van der Waals surface area (Å²) in [4.78, 5) is 17.0. The second-order valence-electron chi connectivity index (χ2n) is 7.00. The molecule has 1 N–H and O–H groups in total. The molecule has 0 amide bonds. The highest BCUT2D eigenvalue weighted by Crippen LogP contribution is 2.28. The molecule has 0 radical (unpaired) electrons. The van der Waals surface area contributed by atoms with Gasteiger partial charge < -0.3 is 9.88 Å². The number of nitrogens with zero attached hydrogens (tertiary/aromatic N) is 6. The number of rotatable bonds is 3. The maximum Gasteiger partial charge on any atom is 0.155 e. The Balaban J connectivity index is 1.48. The smallest absolute Gasteiger partial charge is 0.155 e. The van der Waals surface area contributed by atoms with Gasteiger partial charge in [0.1, 0.15) is 12.0 Å². The van der Waals surface area contributed by atoms with Crippen molar-refractivity contribution < 1.29 is 0 Å². The molecule has 7 nitrogen and oxygen atoms in total. The Hall–Kier alpha value is -2.77. The molecule has 0 spiro atoms. The molecular formula is C19H21N7. The summed E-state index contributed by atoms with van der Waals surface area (Å²) in [6.45, 7) is 5.42. The zero-order chi connectivity index (χ0) is 17.5. The lowest BCUT2D eigenvalue weighted by Gasteiger charge is -2.32. The van der Waals surface area contributed by atoms with E-state index in [9.17, 15) is 0 Å². The molecule has 5 heterocycles. The van der Waals surface area contributed by atoms with Crippen molar-refractivity contribution in [1.29, 1.82) is 0 Å². The summed E-state index contributed by atoms with van der Waals surface area (Å²) in [6, 6.07) is 6.33. The number of nitrogens with one attached hydrogen (secondary N) is 1. The summed E-state index contributed by atoms with van der Waals surface area (Å²) in [5.74, 6) is 0. The van der Waals surface area contributed by atoms with Crippen molar-refractivity contribution in [2.45, 2.75) is 6.54 Å². The normalized spacial score (nSPS) is 16.7. The van der Waals surface area contributed by atoms with Gasteiger partial charge in [-0.3, -0.25) is 4.90 Å². The van der Waals surface area contributed by atoms with Gasteiger partial charge in [0.2, 0.25) is 0 Å². The van der Waals surface area contributed by atoms with Crippen LogP contribution in [-0.4, -0.2) is 67.6 Å². The van der Waals surface area contributed by atoms with Crippen LogP contribution in [0.4, 0.5) is 0 Å². The molecule has 4 aromatic heterocycles. The number of aromatic amines is 1. The molecule has 1 fully saturated rings. The van der Waals surface area contributed by atoms with Crippen LogP contribution in [0.5, 0.6) is 0 Å². The van der Waals surface area contributed by atoms with Crippen molar-refractivity contribution >= 4 is 16.7 Å². The number of hydrogen-bond donors (Lipinski definition) is 1. The van der Waals surface area contributed by atoms with E-state index in [2.05, 4.69) is 49.0 Å². The molecule has 0 aromatic carbocycles. The zero-order valence-electron chi connectivity index (χ0n) is 14.8. The summed E-state index contributed by atoms with van der Waals surface area (Å²) in [6.07, 6.45) is 7.60. The van der Waals surface area contributed by atoms with E-state index >= 15 is 0 Å². The number of aromatic nitrogens is 5. The molecule has 1 aliphatic heterocycles. The third kappa shape index (κ3) is 2.75. The first-order chi connectivity index (χ1) is 12.8. The molecule has 1 aliphatic rings. The minimum Gasteiger partial charge on any atom is -0.346 e. The van der Waals surface area contributed by atoms with E-state index in [1.165, 1.54) is 5.56 Å². The highest BCUT2D eigenvalue weighted by molar-refractivity contribution is 5.93. The number of piperazine rings is 1. The maximum atomic E-state index is 4.63. The van der Waals surface area contributed by atoms with Crippen molar-refractivity contribution in [1.82, 2.24) is 34.4 Å². The van der Waals surface area contributed by atoms with Gasteiger partial charge in [-0.15, -0.1) is 0 Å². The predicted molar refractivity (Wildman–Crippen MR) is 101 cm³/mol. The van der Waals surface area contributed by atoms with Gasteiger partial charge in [-0.2, -0.15) is 5.10 Å². The van der Waals surface area contributed by atoms with E-state index in [0.29, 0.717) is 0 Å². The Kier molecular flexibility index (Phi) is 3.69.